The molecule has 0 aliphatic rings. The van der Waals surface area contributed by atoms with Gasteiger partial charge in [-0.15, -0.1) is 0 Å². The fourth-order valence-corrected chi connectivity index (χ4v) is 2.23. The second-order valence-corrected chi connectivity index (χ2v) is 5.95. The third kappa shape index (κ3) is 3.67. The van der Waals surface area contributed by atoms with Gasteiger partial charge in [-0.2, -0.15) is 5.10 Å². The van der Waals surface area contributed by atoms with Crippen LogP contribution in [-0.4, -0.2) is 9.78 Å². The summed E-state index contributed by atoms with van der Waals surface area (Å²) < 4.78 is 6.94. The van der Waals surface area contributed by atoms with Gasteiger partial charge in [-0.05, 0) is 31.9 Å². The van der Waals surface area contributed by atoms with Gasteiger partial charge in [0.1, 0.15) is 16.5 Å². The normalized spacial score (nSPS) is 12.7. The van der Waals surface area contributed by atoms with E-state index < -0.39 is 0 Å². The second kappa shape index (κ2) is 6.35. The van der Waals surface area contributed by atoms with E-state index in [2.05, 4.69) is 10.4 Å². The standard InChI is InChI=1S/C15H20ClN3O2/c1-9(2)8-19-15(20)14(16)12(7-17-19)18-11(4)13-6-5-10(3)21-13/h5-7,9,11,18H,8H2,1-4H3. The first kappa shape index (κ1) is 15.6. The molecule has 0 saturated heterocycles. The second-order valence-electron chi connectivity index (χ2n) is 5.57. The van der Waals surface area contributed by atoms with Crippen LogP contribution in [0.3, 0.4) is 0 Å². The van der Waals surface area contributed by atoms with Crippen molar-refractivity contribution in [2.24, 2.45) is 5.92 Å². The fraction of sp³-hybridized carbons (Fsp3) is 0.467. The van der Waals surface area contributed by atoms with Crippen molar-refractivity contribution in [3.8, 4) is 0 Å². The minimum absolute atomic E-state index is 0.0988. The van der Waals surface area contributed by atoms with E-state index in [0.717, 1.165) is 11.5 Å². The van der Waals surface area contributed by atoms with Gasteiger partial charge in [-0.25, -0.2) is 4.68 Å². The molecule has 1 atom stereocenters. The summed E-state index contributed by atoms with van der Waals surface area (Å²) in [7, 11) is 0. The zero-order chi connectivity index (χ0) is 15.6. The zero-order valence-corrected chi connectivity index (χ0v) is 13.4. The lowest BCUT2D eigenvalue weighted by atomic mass is 10.2. The van der Waals surface area contributed by atoms with Crippen LogP contribution in [0.5, 0.6) is 0 Å². The van der Waals surface area contributed by atoms with Crippen molar-refractivity contribution < 1.29 is 4.42 Å². The highest BCUT2D eigenvalue weighted by Crippen LogP contribution is 2.24. The van der Waals surface area contributed by atoms with E-state index in [1.54, 1.807) is 6.20 Å². The number of nitrogens with zero attached hydrogens (tertiary/aromatic N) is 2. The van der Waals surface area contributed by atoms with Crippen LogP contribution in [0.2, 0.25) is 5.02 Å². The summed E-state index contributed by atoms with van der Waals surface area (Å²) in [4.78, 5) is 12.2. The van der Waals surface area contributed by atoms with Gasteiger partial charge in [-0.1, -0.05) is 25.4 Å². The van der Waals surface area contributed by atoms with E-state index in [4.69, 9.17) is 16.0 Å². The van der Waals surface area contributed by atoms with Crippen LogP contribution < -0.4 is 10.9 Å². The molecule has 114 valence electrons. The summed E-state index contributed by atoms with van der Waals surface area (Å²) in [6, 6.07) is 3.70. The first-order valence-electron chi connectivity index (χ1n) is 6.97. The molecule has 0 aliphatic heterocycles. The van der Waals surface area contributed by atoms with Crippen LogP contribution in [0.4, 0.5) is 5.69 Å². The van der Waals surface area contributed by atoms with Gasteiger partial charge in [0.2, 0.25) is 0 Å². The molecule has 0 saturated carbocycles. The van der Waals surface area contributed by atoms with Gasteiger partial charge >= 0.3 is 0 Å². The Morgan fingerprint density at radius 2 is 2.10 bits per heavy atom. The van der Waals surface area contributed by atoms with Crippen molar-refractivity contribution in [3.63, 3.8) is 0 Å². The Morgan fingerprint density at radius 1 is 1.38 bits per heavy atom. The minimum Gasteiger partial charge on any atom is -0.464 e. The SMILES string of the molecule is Cc1ccc(C(C)Nc2cnn(CC(C)C)c(=O)c2Cl)o1. The highest BCUT2D eigenvalue weighted by Gasteiger charge is 2.15. The highest BCUT2D eigenvalue weighted by atomic mass is 35.5. The number of halogens is 1. The number of hydrogen-bond acceptors (Lipinski definition) is 4. The molecule has 0 amide bonds. The molecule has 2 aromatic heterocycles. The molecule has 0 radical (unpaired) electrons. The van der Waals surface area contributed by atoms with Crippen LogP contribution in [0, 0.1) is 12.8 Å². The van der Waals surface area contributed by atoms with Gasteiger partial charge in [0, 0.05) is 6.54 Å². The molecule has 21 heavy (non-hydrogen) atoms. The Morgan fingerprint density at radius 3 is 2.67 bits per heavy atom. The van der Waals surface area contributed by atoms with Crippen LogP contribution in [-0.2, 0) is 6.54 Å². The molecule has 2 rings (SSSR count). The predicted molar refractivity (Wildman–Crippen MR) is 83.8 cm³/mol. The summed E-state index contributed by atoms with van der Waals surface area (Å²) >= 11 is 6.15. The molecule has 2 heterocycles. The minimum atomic E-state index is -0.279. The quantitative estimate of drug-likeness (QED) is 0.916. The van der Waals surface area contributed by atoms with Crippen molar-refractivity contribution in [2.75, 3.05) is 5.32 Å². The van der Waals surface area contributed by atoms with Crippen LogP contribution in [0.25, 0.3) is 0 Å². The Bertz CT molecular complexity index is 676. The molecule has 0 aromatic carbocycles. The summed E-state index contributed by atoms with van der Waals surface area (Å²) in [5.41, 5.74) is 0.237. The Balaban J connectivity index is 2.21. The van der Waals surface area contributed by atoms with E-state index in [0.29, 0.717) is 18.2 Å². The van der Waals surface area contributed by atoms with E-state index >= 15 is 0 Å². The first-order valence-corrected chi connectivity index (χ1v) is 7.34. The van der Waals surface area contributed by atoms with Crippen LogP contribution in [0.1, 0.15) is 38.3 Å². The third-order valence-corrected chi connectivity index (χ3v) is 3.45. The molecule has 0 aliphatic carbocycles. The fourth-order valence-electron chi connectivity index (χ4n) is 2.03. The lowest BCUT2D eigenvalue weighted by Crippen LogP contribution is -2.26. The molecule has 0 spiro atoms. The smallest absolute Gasteiger partial charge is 0.287 e. The molecule has 2 aromatic rings. The molecule has 0 bridgehead atoms. The van der Waals surface area contributed by atoms with Crippen LogP contribution in [0.15, 0.2) is 27.5 Å². The van der Waals surface area contributed by atoms with Crippen molar-refractivity contribution >= 4 is 17.3 Å². The summed E-state index contributed by atoms with van der Waals surface area (Å²) in [6.45, 7) is 8.42. The van der Waals surface area contributed by atoms with Crippen LogP contribution >= 0.6 is 11.6 Å². The number of furan rings is 1. The number of aryl methyl sites for hydroxylation is 1. The molecule has 1 unspecified atom stereocenters. The number of hydrogen-bond donors (Lipinski definition) is 1. The van der Waals surface area contributed by atoms with Gasteiger partial charge in [0.15, 0.2) is 0 Å². The number of rotatable bonds is 5. The average Bonchev–Trinajstić information content (AvgIpc) is 2.84. The van der Waals surface area contributed by atoms with E-state index in [1.165, 1.54) is 4.68 Å². The molecular formula is C15H20ClN3O2. The van der Waals surface area contributed by atoms with Gasteiger partial charge in [-0.3, -0.25) is 4.79 Å². The lowest BCUT2D eigenvalue weighted by Gasteiger charge is -2.15. The van der Waals surface area contributed by atoms with Crippen molar-refractivity contribution in [3.05, 3.63) is 45.2 Å². The Hall–Kier alpha value is -1.75. The van der Waals surface area contributed by atoms with Crippen molar-refractivity contribution in [1.82, 2.24) is 9.78 Å². The summed E-state index contributed by atoms with van der Waals surface area (Å²) in [5, 5.41) is 7.47. The molecule has 5 nitrogen and oxygen atoms in total. The first-order chi connectivity index (χ1) is 9.88. The maximum Gasteiger partial charge on any atom is 0.287 e. The van der Waals surface area contributed by atoms with E-state index in [9.17, 15) is 4.79 Å². The monoisotopic (exact) mass is 309 g/mol. The van der Waals surface area contributed by atoms with Gasteiger partial charge in [0.25, 0.3) is 5.56 Å². The molecule has 0 fully saturated rings. The van der Waals surface area contributed by atoms with Gasteiger partial charge < -0.3 is 9.73 Å². The van der Waals surface area contributed by atoms with Crippen molar-refractivity contribution in [1.29, 1.82) is 0 Å². The number of anilines is 1. The maximum atomic E-state index is 12.2. The number of nitrogens with one attached hydrogen (secondary N) is 1. The van der Waals surface area contributed by atoms with Gasteiger partial charge in [0.05, 0.1) is 17.9 Å². The summed E-state index contributed by atoms with van der Waals surface area (Å²) in [6.07, 6.45) is 1.58. The molecule has 1 N–H and O–H groups in total. The largest absolute Gasteiger partial charge is 0.464 e. The lowest BCUT2D eigenvalue weighted by molar-refractivity contribution is 0.461. The summed E-state index contributed by atoms with van der Waals surface area (Å²) in [5.74, 6) is 1.96. The Labute approximate surface area is 128 Å². The number of aromatic nitrogens is 2. The zero-order valence-electron chi connectivity index (χ0n) is 12.7. The maximum absolute atomic E-state index is 12.2. The van der Waals surface area contributed by atoms with E-state index in [-0.39, 0.29) is 16.6 Å². The van der Waals surface area contributed by atoms with E-state index in [1.807, 2.05) is 39.8 Å². The predicted octanol–water partition coefficient (Wildman–Crippen LogP) is 3.63. The third-order valence-electron chi connectivity index (χ3n) is 3.08. The molecule has 6 heteroatoms. The Kier molecular flexibility index (Phi) is 4.73. The average molecular weight is 310 g/mol. The molecular weight excluding hydrogens is 290 g/mol. The highest BCUT2D eigenvalue weighted by molar-refractivity contribution is 6.32. The van der Waals surface area contributed by atoms with Crippen molar-refractivity contribution in [2.45, 2.75) is 40.3 Å². The topological polar surface area (TPSA) is 60.1 Å².